The van der Waals surface area contributed by atoms with Crippen LogP contribution in [-0.4, -0.2) is 13.3 Å². The Bertz CT molecular complexity index is 437. The SMILES string of the molecule is C[P+](C)(Cc1ccccc1)c1ccccc1.[Cl-]. The predicted molar refractivity (Wildman–Crippen MR) is 75.0 cm³/mol. The quantitative estimate of drug-likeness (QED) is 0.720. The van der Waals surface area contributed by atoms with E-state index in [4.69, 9.17) is 0 Å². The maximum atomic E-state index is 2.41. The van der Waals surface area contributed by atoms with E-state index in [9.17, 15) is 0 Å². The highest BCUT2D eigenvalue weighted by molar-refractivity contribution is 7.80. The van der Waals surface area contributed by atoms with Crippen LogP contribution in [-0.2, 0) is 6.16 Å². The first-order valence-electron chi connectivity index (χ1n) is 5.61. The average molecular weight is 265 g/mol. The van der Waals surface area contributed by atoms with Gasteiger partial charge in [-0.05, 0) is 17.7 Å². The molecule has 0 heterocycles. The fourth-order valence-corrected chi connectivity index (χ4v) is 4.25. The Morgan fingerprint density at radius 3 is 1.76 bits per heavy atom. The summed E-state index contributed by atoms with van der Waals surface area (Å²) >= 11 is 0. The first-order valence-corrected chi connectivity index (χ1v) is 8.48. The second-order valence-corrected chi connectivity index (χ2v) is 8.87. The maximum absolute atomic E-state index is 2.41. The number of benzene rings is 2. The van der Waals surface area contributed by atoms with Crippen LogP contribution in [0.5, 0.6) is 0 Å². The lowest BCUT2D eigenvalue weighted by molar-refractivity contribution is -0.00000341. The van der Waals surface area contributed by atoms with Gasteiger partial charge in [0.25, 0.3) is 0 Å². The summed E-state index contributed by atoms with van der Waals surface area (Å²) in [6, 6.07) is 21.7. The van der Waals surface area contributed by atoms with Crippen LogP contribution < -0.4 is 17.7 Å². The van der Waals surface area contributed by atoms with E-state index >= 15 is 0 Å². The van der Waals surface area contributed by atoms with Gasteiger partial charge in [0.05, 0.1) is 24.8 Å². The van der Waals surface area contributed by atoms with Crippen LogP contribution in [0.15, 0.2) is 60.7 Å². The Labute approximate surface area is 111 Å². The van der Waals surface area contributed by atoms with E-state index in [0.29, 0.717) is 0 Å². The molecular formula is C15H18ClP. The lowest BCUT2D eigenvalue weighted by atomic mass is 10.2. The highest BCUT2D eigenvalue weighted by Gasteiger charge is 2.28. The average Bonchev–Trinajstić information content (AvgIpc) is 2.31. The third kappa shape index (κ3) is 3.84. The van der Waals surface area contributed by atoms with E-state index in [1.54, 1.807) is 0 Å². The van der Waals surface area contributed by atoms with Crippen LogP contribution in [0.1, 0.15) is 5.56 Å². The molecule has 2 aromatic carbocycles. The number of hydrogen-bond acceptors (Lipinski definition) is 0. The molecule has 0 saturated heterocycles. The minimum Gasteiger partial charge on any atom is -1.00 e. The van der Waals surface area contributed by atoms with Crippen molar-refractivity contribution in [3.63, 3.8) is 0 Å². The van der Waals surface area contributed by atoms with Gasteiger partial charge in [-0.15, -0.1) is 0 Å². The third-order valence-corrected chi connectivity index (χ3v) is 5.73. The molecule has 0 atom stereocenters. The van der Waals surface area contributed by atoms with Crippen LogP contribution in [0.2, 0.25) is 0 Å². The molecule has 90 valence electrons. The van der Waals surface area contributed by atoms with Gasteiger partial charge in [0, 0.05) is 7.26 Å². The highest BCUT2D eigenvalue weighted by Crippen LogP contribution is 2.52. The van der Waals surface area contributed by atoms with Gasteiger partial charge >= 0.3 is 0 Å². The molecule has 0 saturated carbocycles. The Hall–Kier alpha value is -0.840. The van der Waals surface area contributed by atoms with Gasteiger partial charge in [0.15, 0.2) is 0 Å². The monoisotopic (exact) mass is 264 g/mol. The fraction of sp³-hybridized carbons (Fsp3) is 0.200. The summed E-state index contributed by atoms with van der Waals surface area (Å²) in [4.78, 5) is 0. The Balaban J connectivity index is 0.00000144. The van der Waals surface area contributed by atoms with Crippen molar-refractivity contribution in [2.24, 2.45) is 0 Å². The minimum absolute atomic E-state index is 0. The third-order valence-electron chi connectivity index (χ3n) is 2.88. The molecule has 0 nitrogen and oxygen atoms in total. The van der Waals surface area contributed by atoms with Crippen LogP contribution in [0, 0.1) is 0 Å². The van der Waals surface area contributed by atoms with Crippen LogP contribution in [0.25, 0.3) is 0 Å². The molecule has 2 heteroatoms. The molecule has 0 aliphatic rings. The lowest BCUT2D eigenvalue weighted by Crippen LogP contribution is -3.00. The van der Waals surface area contributed by atoms with Crippen LogP contribution >= 0.6 is 7.26 Å². The molecule has 17 heavy (non-hydrogen) atoms. The van der Waals surface area contributed by atoms with E-state index in [2.05, 4.69) is 74.0 Å². The van der Waals surface area contributed by atoms with Crippen molar-refractivity contribution < 1.29 is 12.4 Å². The molecule has 0 spiro atoms. The summed E-state index contributed by atoms with van der Waals surface area (Å²) in [5.74, 6) is 0. The number of hydrogen-bond donors (Lipinski definition) is 0. The van der Waals surface area contributed by atoms with Gasteiger partial charge in [-0.25, -0.2) is 0 Å². The zero-order valence-corrected chi connectivity index (χ0v) is 12.0. The number of halogens is 1. The molecule has 0 aliphatic heterocycles. The van der Waals surface area contributed by atoms with Crippen molar-refractivity contribution in [2.45, 2.75) is 6.16 Å². The Morgan fingerprint density at radius 2 is 1.24 bits per heavy atom. The summed E-state index contributed by atoms with van der Waals surface area (Å²) in [7, 11) is -1.02. The van der Waals surface area contributed by atoms with Gasteiger partial charge < -0.3 is 12.4 Å². The van der Waals surface area contributed by atoms with Crippen molar-refractivity contribution in [1.82, 2.24) is 0 Å². The van der Waals surface area contributed by atoms with Crippen LogP contribution in [0.4, 0.5) is 0 Å². The molecule has 0 aliphatic carbocycles. The van der Waals surface area contributed by atoms with Gasteiger partial charge in [-0.2, -0.15) is 0 Å². The van der Waals surface area contributed by atoms with Crippen molar-refractivity contribution >= 4 is 12.6 Å². The molecule has 0 fully saturated rings. The molecule has 0 aromatic heterocycles. The zero-order chi connectivity index (χ0) is 11.4. The zero-order valence-electron chi connectivity index (χ0n) is 10.3. The molecule has 2 rings (SSSR count). The molecular weight excluding hydrogens is 247 g/mol. The molecule has 2 aromatic rings. The first kappa shape index (κ1) is 14.2. The second kappa shape index (κ2) is 6.19. The summed E-state index contributed by atoms with van der Waals surface area (Å²) in [5, 5.41) is 1.51. The highest BCUT2D eigenvalue weighted by atomic mass is 35.5. The standard InChI is InChI=1S/C15H18P.ClH/c1-16(2,15-11-7-4-8-12-15)13-14-9-5-3-6-10-14;/h3-12H,13H2,1-2H3;1H/q+1;/p-1. The predicted octanol–water partition coefficient (Wildman–Crippen LogP) is 0.793. The molecule has 0 bridgehead atoms. The lowest BCUT2D eigenvalue weighted by Gasteiger charge is -2.17. The van der Waals surface area contributed by atoms with Crippen molar-refractivity contribution in [3.05, 3.63) is 66.2 Å². The Kier molecular flexibility index (Phi) is 5.18. The normalized spacial score (nSPS) is 10.7. The topological polar surface area (TPSA) is 0 Å². The van der Waals surface area contributed by atoms with Crippen molar-refractivity contribution in [3.8, 4) is 0 Å². The molecule has 0 amide bonds. The van der Waals surface area contributed by atoms with Gasteiger partial charge in [0.1, 0.15) is 0 Å². The van der Waals surface area contributed by atoms with Gasteiger partial charge in [-0.1, -0.05) is 48.5 Å². The van der Waals surface area contributed by atoms with Gasteiger partial charge in [-0.3, -0.25) is 0 Å². The molecule has 0 N–H and O–H groups in total. The molecule has 0 radical (unpaired) electrons. The van der Waals surface area contributed by atoms with Crippen LogP contribution in [0.3, 0.4) is 0 Å². The fourth-order valence-electron chi connectivity index (χ4n) is 1.96. The van der Waals surface area contributed by atoms with E-state index in [1.165, 1.54) is 17.0 Å². The van der Waals surface area contributed by atoms with Crippen molar-refractivity contribution in [2.75, 3.05) is 13.3 Å². The molecule has 0 unspecified atom stereocenters. The van der Waals surface area contributed by atoms with Crippen molar-refractivity contribution in [1.29, 1.82) is 0 Å². The first-order chi connectivity index (χ1) is 7.68. The summed E-state index contributed by atoms with van der Waals surface area (Å²) < 4.78 is 0. The van der Waals surface area contributed by atoms with E-state index in [-0.39, 0.29) is 12.4 Å². The van der Waals surface area contributed by atoms with E-state index < -0.39 is 7.26 Å². The Morgan fingerprint density at radius 1 is 0.765 bits per heavy atom. The van der Waals surface area contributed by atoms with E-state index in [0.717, 1.165) is 0 Å². The smallest absolute Gasteiger partial charge is 0.0937 e. The maximum Gasteiger partial charge on any atom is 0.0937 e. The number of rotatable bonds is 3. The summed E-state index contributed by atoms with van der Waals surface area (Å²) in [5.41, 5.74) is 1.45. The van der Waals surface area contributed by atoms with Gasteiger partial charge in [0.2, 0.25) is 0 Å². The minimum atomic E-state index is -1.02. The second-order valence-electron chi connectivity index (χ2n) is 4.66. The summed E-state index contributed by atoms with van der Waals surface area (Å²) in [6.45, 7) is 4.82. The largest absolute Gasteiger partial charge is 1.00 e. The summed E-state index contributed by atoms with van der Waals surface area (Å²) in [6.07, 6.45) is 1.19. The van der Waals surface area contributed by atoms with E-state index in [1.807, 2.05) is 0 Å².